The van der Waals surface area contributed by atoms with Gasteiger partial charge in [0.15, 0.2) is 5.78 Å². The van der Waals surface area contributed by atoms with Gasteiger partial charge in [-0.15, -0.1) is 0 Å². The molecule has 0 saturated carbocycles. The molecule has 0 aliphatic carbocycles. The van der Waals surface area contributed by atoms with Crippen molar-refractivity contribution in [2.24, 2.45) is 5.73 Å². The summed E-state index contributed by atoms with van der Waals surface area (Å²) in [5.41, 5.74) is 9.55. The monoisotopic (exact) mass is 410 g/mol. The largest absolute Gasteiger partial charge is 0.488 e. The molecule has 1 heterocycles. The van der Waals surface area contributed by atoms with Crippen molar-refractivity contribution in [1.82, 2.24) is 0 Å². The predicted octanol–water partition coefficient (Wildman–Crippen LogP) is 1.72. The number of hydrogen-bond donors (Lipinski definition) is 3. The third kappa shape index (κ3) is 5.76. The van der Waals surface area contributed by atoms with E-state index in [1.807, 2.05) is 30.3 Å². The quantitative estimate of drug-likeness (QED) is 0.581. The van der Waals surface area contributed by atoms with Gasteiger partial charge in [-0.3, -0.25) is 9.59 Å². The first-order chi connectivity index (χ1) is 14.5. The van der Waals surface area contributed by atoms with Crippen molar-refractivity contribution >= 4 is 23.5 Å². The Balaban J connectivity index is 1.64. The number of Topliss-reactive ketones (excluding diaryl/α,β-unsaturated/α-hetero) is 1. The molecule has 0 fully saturated rings. The molecule has 1 aliphatic heterocycles. The van der Waals surface area contributed by atoms with Crippen LogP contribution in [0.25, 0.3) is 6.08 Å². The first-order valence-electron chi connectivity index (χ1n) is 9.72. The maximum absolute atomic E-state index is 12.6. The van der Waals surface area contributed by atoms with Crippen LogP contribution in [0.3, 0.4) is 0 Å². The molecule has 0 bridgehead atoms. The van der Waals surface area contributed by atoms with Crippen LogP contribution in [0.5, 0.6) is 5.75 Å². The number of aliphatic hydroxyl groups excluding tert-OH is 1. The van der Waals surface area contributed by atoms with Crippen LogP contribution in [0.15, 0.2) is 48.0 Å². The topological polar surface area (TPSA) is 111 Å². The molecule has 7 heteroatoms. The Labute approximate surface area is 175 Å². The highest BCUT2D eigenvalue weighted by atomic mass is 16.5. The minimum Gasteiger partial charge on any atom is -0.488 e. The average molecular weight is 410 g/mol. The Bertz CT molecular complexity index is 937. The number of nitrogens with one attached hydrogen (secondary N) is 1. The molecule has 0 spiro atoms. The Kier molecular flexibility index (Phi) is 7.35. The standard InChI is InChI=1S/C23H26N2O5/c1-29-14-21(27)9-16-2-5-17-11-18(13-30-22(17)10-16)23(28)25-20-6-3-15(4-7-20)8-19(24)12-26/h2-7,10-11,19,26H,8-9,12-14,24H2,1H3,(H,25,28)/t19-/m0/s1. The van der Waals surface area contributed by atoms with Gasteiger partial charge in [0.1, 0.15) is 19.0 Å². The lowest BCUT2D eigenvalue weighted by atomic mass is 10.0. The minimum absolute atomic E-state index is 0.00627. The molecule has 1 aliphatic rings. The number of carbonyl (C=O) groups is 2. The Morgan fingerprint density at radius 2 is 1.93 bits per heavy atom. The van der Waals surface area contributed by atoms with Crippen LogP contribution in [0.2, 0.25) is 0 Å². The fourth-order valence-corrected chi connectivity index (χ4v) is 3.19. The second-order valence-corrected chi connectivity index (χ2v) is 7.28. The summed E-state index contributed by atoms with van der Waals surface area (Å²) in [5.74, 6) is 0.409. The van der Waals surface area contributed by atoms with E-state index >= 15 is 0 Å². The van der Waals surface area contributed by atoms with Gasteiger partial charge in [0.05, 0.1) is 12.2 Å². The smallest absolute Gasteiger partial charge is 0.255 e. The van der Waals surface area contributed by atoms with Gasteiger partial charge in [-0.1, -0.05) is 24.3 Å². The van der Waals surface area contributed by atoms with Crippen LogP contribution in [0, 0.1) is 0 Å². The summed E-state index contributed by atoms with van der Waals surface area (Å²) in [6.07, 6.45) is 2.64. The molecule has 0 unspecified atom stereocenters. The number of aliphatic hydroxyl groups is 1. The van der Waals surface area contributed by atoms with E-state index < -0.39 is 0 Å². The molecule has 0 saturated heterocycles. The van der Waals surface area contributed by atoms with Gasteiger partial charge in [-0.25, -0.2) is 0 Å². The summed E-state index contributed by atoms with van der Waals surface area (Å²) in [5, 5.41) is 11.9. The normalized spacial score (nSPS) is 13.6. The molecular weight excluding hydrogens is 384 g/mol. The highest BCUT2D eigenvalue weighted by Gasteiger charge is 2.18. The van der Waals surface area contributed by atoms with Crippen LogP contribution in [0.4, 0.5) is 5.69 Å². The van der Waals surface area contributed by atoms with Crippen LogP contribution < -0.4 is 15.8 Å². The number of ether oxygens (including phenoxy) is 2. The van der Waals surface area contributed by atoms with Crippen LogP contribution in [0.1, 0.15) is 16.7 Å². The van der Waals surface area contributed by atoms with E-state index in [-0.39, 0.29) is 44.0 Å². The molecule has 1 amide bonds. The zero-order valence-electron chi connectivity index (χ0n) is 16.9. The van der Waals surface area contributed by atoms with Gasteiger partial charge < -0.3 is 25.6 Å². The number of hydrogen-bond acceptors (Lipinski definition) is 6. The number of methoxy groups -OCH3 is 1. The van der Waals surface area contributed by atoms with Gasteiger partial charge >= 0.3 is 0 Å². The van der Waals surface area contributed by atoms with E-state index in [0.29, 0.717) is 23.4 Å². The molecule has 0 radical (unpaired) electrons. The Hall–Kier alpha value is -3.00. The van der Waals surface area contributed by atoms with Crippen molar-refractivity contribution in [3.05, 3.63) is 64.7 Å². The average Bonchev–Trinajstić information content (AvgIpc) is 2.74. The zero-order chi connectivity index (χ0) is 21.5. The van der Waals surface area contributed by atoms with Gasteiger partial charge in [0, 0.05) is 30.8 Å². The molecule has 7 nitrogen and oxygen atoms in total. The maximum atomic E-state index is 12.6. The van der Waals surface area contributed by atoms with Crippen LogP contribution in [-0.2, 0) is 27.2 Å². The number of nitrogens with two attached hydrogens (primary N) is 1. The summed E-state index contributed by atoms with van der Waals surface area (Å²) in [7, 11) is 1.49. The number of carbonyl (C=O) groups excluding carboxylic acids is 2. The fourth-order valence-electron chi connectivity index (χ4n) is 3.19. The van der Waals surface area contributed by atoms with Crippen molar-refractivity contribution in [1.29, 1.82) is 0 Å². The third-order valence-electron chi connectivity index (χ3n) is 4.73. The van der Waals surface area contributed by atoms with E-state index in [9.17, 15) is 9.59 Å². The SMILES string of the molecule is COCC(=O)Cc1ccc2c(c1)OCC(C(=O)Nc1ccc(C[C@H](N)CO)cc1)=C2. The number of fused-ring (bicyclic) bond motifs is 1. The van der Waals surface area contributed by atoms with Gasteiger partial charge in [0.25, 0.3) is 5.91 Å². The number of anilines is 1. The molecule has 2 aromatic carbocycles. The molecule has 2 aromatic rings. The number of benzene rings is 2. The lowest BCUT2D eigenvalue weighted by Gasteiger charge is -2.18. The number of rotatable bonds is 9. The molecular formula is C23H26N2O5. The van der Waals surface area contributed by atoms with Crippen LogP contribution >= 0.6 is 0 Å². The van der Waals surface area contributed by atoms with E-state index in [2.05, 4.69) is 5.32 Å². The molecule has 30 heavy (non-hydrogen) atoms. The summed E-state index contributed by atoms with van der Waals surface area (Å²) in [6, 6.07) is 12.6. The fraction of sp³-hybridized carbons (Fsp3) is 0.304. The second-order valence-electron chi connectivity index (χ2n) is 7.28. The van der Waals surface area contributed by atoms with Gasteiger partial charge in [0.2, 0.25) is 0 Å². The number of ketones is 1. The van der Waals surface area contributed by atoms with E-state index in [0.717, 1.165) is 16.7 Å². The van der Waals surface area contributed by atoms with Crippen molar-refractivity contribution in [2.75, 3.05) is 32.2 Å². The van der Waals surface area contributed by atoms with Crippen molar-refractivity contribution < 1.29 is 24.2 Å². The maximum Gasteiger partial charge on any atom is 0.255 e. The van der Waals surface area contributed by atoms with Crippen molar-refractivity contribution in [3.8, 4) is 5.75 Å². The molecule has 1 atom stereocenters. The zero-order valence-corrected chi connectivity index (χ0v) is 16.9. The lowest BCUT2D eigenvalue weighted by molar-refractivity contribution is -0.122. The highest BCUT2D eigenvalue weighted by Crippen LogP contribution is 2.28. The first kappa shape index (κ1) is 21.7. The van der Waals surface area contributed by atoms with E-state index in [1.54, 1.807) is 18.2 Å². The predicted molar refractivity (Wildman–Crippen MR) is 114 cm³/mol. The summed E-state index contributed by atoms with van der Waals surface area (Å²) >= 11 is 0. The molecule has 4 N–H and O–H groups in total. The first-order valence-corrected chi connectivity index (χ1v) is 9.72. The molecule has 158 valence electrons. The third-order valence-corrected chi connectivity index (χ3v) is 4.73. The minimum atomic E-state index is -0.298. The van der Waals surface area contributed by atoms with Gasteiger partial charge in [-0.2, -0.15) is 0 Å². The summed E-state index contributed by atoms with van der Waals surface area (Å²) in [6.45, 7) is 0.161. The Morgan fingerprint density at radius 1 is 1.20 bits per heavy atom. The summed E-state index contributed by atoms with van der Waals surface area (Å²) in [4.78, 5) is 24.3. The lowest BCUT2D eigenvalue weighted by Crippen LogP contribution is -2.26. The second kappa shape index (κ2) is 10.2. The van der Waals surface area contributed by atoms with E-state index in [1.165, 1.54) is 7.11 Å². The number of amides is 1. The highest BCUT2D eigenvalue weighted by molar-refractivity contribution is 6.07. The van der Waals surface area contributed by atoms with Crippen molar-refractivity contribution in [3.63, 3.8) is 0 Å². The van der Waals surface area contributed by atoms with Crippen molar-refractivity contribution in [2.45, 2.75) is 18.9 Å². The Morgan fingerprint density at radius 3 is 2.63 bits per heavy atom. The molecule has 3 rings (SSSR count). The molecule has 0 aromatic heterocycles. The summed E-state index contributed by atoms with van der Waals surface area (Å²) < 4.78 is 10.6. The van der Waals surface area contributed by atoms with E-state index in [4.69, 9.17) is 20.3 Å². The van der Waals surface area contributed by atoms with Crippen LogP contribution in [-0.4, -0.2) is 49.8 Å². The van der Waals surface area contributed by atoms with Gasteiger partial charge in [-0.05, 0) is 41.8 Å².